The number of benzene rings is 1. The Hall–Kier alpha value is -1.19. The Kier molecular flexibility index (Phi) is 7.64. The number of hydrogen-bond acceptors (Lipinski definition) is 5. The van der Waals surface area contributed by atoms with Gasteiger partial charge in [-0.05, 0) is 37.5 Å². The molecule has 2 fully saturated rings. The van der Waals surface area contributed by atoms with E-state index in [1.165, 1.54) is 10.4 Å². The van der Waals surface area contributed by atoms with Crippen LogP contribution >= 0.6 is 12.4 Å². The van der Waals surface area contributed by atoms with Gasteiger partial charge >= 0.3 is 0 Å². The predicted molar refractivity (Wildman–Crippen MR) is 106 cm³/mol. The highest BCUT2D eigenvalue weighted by Crippen LogP contribution is 2.23. The number of amides is 1. The van der Waals surface area contributed by atoms with Crippen molar-refractivity contribution in [2.75, 3.05) is 32.7 Å². The fourth-order valence-electron chi connectivity index (χ4n) is 3.51. The number of halogens is 1. The Bertz CT molecular complexity index is 766. The van der Waals surface area contributed by atoms with Crippen molar-refractivity contribution >= 4 is 28.3 Å². The summed E-state index contributed by atoms with van der Waals surface area (Å²) in [5.41, 5.74) is 1.09. The average Bonchev–Trinajstić information content (AvgIpc) is 3.05. The molecule has 2 aliphatic rings. The first kappa shape index (κ1) is 22.1. The quantitative estimate of drug-likeness (QED) is 0.661. The molecule has 2 atom stereocenters. The number of carbonyl (C=O) groups is 1. The summed E-state index contributed by atoms with van der Waals surface area (Å²) in [6, 6.07) is 4.72. The van der Waals surface area contributed by atoms with Crippen molar-refractivity contribution in [1.29, 1.82) is 0 Å². The number of sulfonamides is 1. The molecule has 0 radical (unpaired) electrons. The topological polar surface area (TPSA) is 98.7 Å². The van der Waals surface area contributed by atoms with E-state index in [4.69, 9.17) is 0 Å². The third-order valence-corrected chi connectivity index (χ3v) is 7.13. The zero-order valence-corrected chi connectivity index (χ0v) is 17.1. The van der Waals surface area contributed by atoms with Crippen molar-refractivity contribution in [3.63, 3.8) is 0 Å². The molecule has 2 aliphatic heterocycles. The van der Waals surface area contributed by atoms with Gasteiger partial charge in [0.2, 0.25) is 10.0 Å². The van der Waals surface area contributed by atoms with Gasteiger partial charge in [0.1, 0.15) is 0 Å². The number of piperidine rings is 1. The lowest BCUT2D eigenvalue weighted by atomic mass is 10.1. The van der Waals surface area contributed by atoms with Crippen LogP contribution in [0, 0.1) is 12.8 Å². The van der Waals surface area contributed by atoms with Crippen molar-refractivity contribution < 1.29 is 18.3 Å². The maximum atomic E-state index is 12.8. The second kappa shape index (κ2) is 9.34. The number of aliphatic hydroxyl groups excluding tert-OH is 1. The van der Waals surface area contributed by atoms with E-state index in [1.54, 1.807) is 19.1 Å². The third kappa shape index (κ3) is 5.00. The molecule has 0 aromatic heterocycles. The SMILES string of the molecule is Cc1ccc(S(=O)(=O)N2CCCCC2)cc1C(=O)NCC1CNCC1O.Cl. The monoisotopic (exact) mass is 417 g/mol. The molecule has 0 aliphatic carbocycles. The summed E-state index contributed by atoms with van der Waals surface area (Å²) in [5.74, 6) is -0.336. The van der Waals surface area contributed by atoms with Crippen LogP contribution in [-0.4, -0.2) is 62.6 Å². The minimum atomic E-state index is -3.57. The lowest BCUT2D eigenvalue weighted by Gasteiger charge is -2.26. The summed E-state index contributed by atoms with van der Waals surface area (Å²) in [5, 5.41) is 15.7. The third-order valence-electron chi connectivity index (χ3n) is 5.24. The van der Waals surface area contributed by atoms with E-state index in [0.29, 0.717) is 38.3 Å². The average molecular weight is 418 g/mol. The fraction of sp³-hybridized carbons (Fsp3) is 0.611. The van der Waals surface area contributed by atoms with Gasteiger partial charge in [0.15, 0.2) is 0 Å². The van der Waals surface area contributed by atoms with Crippen LogP contribution in [0.4, 0.5) is 0 Å². The first-order valence-electron chi connectivity index (χ1n) is 9.17. The molecule has 1 aromatic carbocycles. The molecular weight excluding hydrogens is 390 g/mol. The Morgan fingerprint density at radius 2 is 1.96 bits per heavy atom. The smallest absolute Gasteiger partial charge is 0.251 e. The van der Waals surface area contributed by atoms with Crippen LogP contribution in [0.1, 0.15) is 35.2 Å². The van der Waals surface area contributed by atoms with E-state index >= 15 is 0 Å². The fourth-order valence-corrected chi connectivity index (χ4v) is 5.05. The molecule has 1 amide bonds. The minimum absolute atomic E-state index is 0. The Morgan fingerprint density at radius 3 is 2.59 bits per heavy atom. The maximum Gasteiger partial charge on any atom is 0.251 e. The highest BCUT2D eigenvalue weighted by atomic mass is 35.5. The van der Waals surface area contributed by atoms with Crippen molar-refractivity contribution in [3.8, 4) is 0 Å². The molecular formula is C18H28ClN3O4S. The zero-order chi connectivity index (χ0) is 18.7. The van der Waals surface area contributed by atoms with Gasteiger partial charge in [0.05, 0.1) is 11.0 Å². The van der Waals surface area contributed by atoms with Gasteiger partial charge < -0.3 is 15.7 Å². The van der Waals surface area contributed by atoms with Crippen molar-refractivity contribution in [1.82, 2.24) is 14.9 Å². The first-order chi connectivity index (χ1) is 12.4. The van der Waals surface area contributed by atoms with Crippen LogP contribution in [0.2, 0.25) is 0 Å². The van der Waals surface area contributed by atoms with Crippen LogP contribution in [-0.2, 0) is 10.0 Å². The number of nitrogens with zero attached hydrogens (tertiary/aromatic N) is 1. The van der Waals surface area contributed by atoms with Crippen LogP contribution in [0.5, 0.6) is 0 Å². The second-order valence-corrected chi connectivity index (χ2v) is 9.08. The molecule has 2 heterocycles. The zero-order valence-electron chi connectivity index (χ0n) is 15.5. The molecule has 152 valence electrons. The minimum Gasteiger partial charge on any atom is -0.391 e. The van der Waals surface area contributed by atoms with Crippen LogP contribution < -0.4 is 10.6 Å². The van der Waals surface area contributed by atoms with E-state index < -0.39 is 16.1 Å². The van der Waals surface area contributed by atoms with E-state index in [1.807, 2.05) is 0 Å². The van der Waals surface area contributed by atoms with Crippen LogP contribution in [0.15, 0.2) is 23.1 Å². The van der Waals surface area contributed by atoms with Crippen molar-refractivity contribution in [3.05, 3.63) is 29.3 Å². The molecule has 27 heavy (non-hydrogen) atoms. The van der Waals surface area contributed by atoms with Gasteiger partial charge in [-0.3, -0.25) is 4.79 Å². The number of carbonyl (C=O) groups excluding carboxylic acids is 1. The van der Waals surface area contributed by atoms with Gasteiger partial charge in [-0.25, -0.2) is 8.42 Å². The molecule has 0 spiro atoms. The molecule has 3 N–H and O–H groups in total. The lowest BCUT2D eigenvalue weighted by Crippen LogP contribution is -2.36. The highest BCUT2D eigenvalue weighted by molar-refractivity contribution is 7.89. The Balaban J connectivity index is 0.00000261. The molecule has 9 heteroatoms. The number of hydrogen-bond donors (Lipinski definition) is 3. The van der Waals surface area contributed by atoms with Gasteiger partial charge in [0.25, 0.3) is 5.91 Å². The van der Waals surface area contributed by atoms with Gasteiger partial charge in [-0.1, -0.05) is 12.5 Å². The van der Waals surface area contributed by atoms with Gasteiger partial charge in [-0.2, -0.15) is 4.31 Å². The summed E-state index contributed by atoms with van der Waals surface area (Å²) in [6.45, 7) is 4.40. The Morgan fingerprint density at radius 1 is 1.26 bits per heavy atom. The Labute approximate surface area is 167 Å². The van der Waals surface area contributed by atoms with E-state index in [0.717, 1.165) is 24.8 Å². The van der Waals surface area contributed by atoms with Crippen molar-refractivity contribution in [2.24, 2.45) is 5.92 Å². The van der Waals surface area contributed by atoms with E-state index in [-0.39, 0.29) is 29.1 Å². The maximum absolute atomic E-state index is 12.8. The normalized spacial score (nSPS) is 23.6. The molecule has 0 saturated carbocycles. The molecule has 2 unspecified atom stereocenters. The van der Waals surface area contributed by atoms with E-state index in [9.17, 15) is 18.3 Å². The van der Waals surface area contributed by atoms with Gasteiger partial charge in [-0.15, -0.1) is 12.4 Å². The summed E-state index contributed by atoms with van der Waals surface area (Å²) >= 11 is 0. The van der Waals surface area contributed by atoms with Crippen LogP contribution in [0.25, 0.3) is 0 Å². The predicted octanol–water partition coefficient (Wildman–Crippen LogP) is 0.902. The number of aliphatic hydroxyl groups is 1. The summed E-state index contributed by atoms with van der Waals surface area (Å²) < 4.78 is 27.2. The highest BCUT2D eigenvalue weighted by Gasteiger charge is 2.28. The number of rotatable bonds is 5. The standard InChI is InChI=1S/C18H27N3O4S.ClH/c1-13-5-6-15(26(24,25)21-7-3-2-4-8-21)9-16(13)18(23)20-11-14-10-19-12-17(14)22;/h5-6,9,14,17,19,22H,2-4,7-8,10-12H2,1H3,(H,20,23);1H. The number of β-amino-alcohol motifs (C(OH)–C–C–N with tert-alkyl or cyclic N) is 1. The summed E-state index contributed by atoms with van der Waals surface area (Å²) in [7, 11) is -3.57. The molecule has 7 nitrogen and oxygen atoms in total. The summed E-state index contributed by atoms with van der Waals surface area (Å²) in [4.78, 5) is 12.7. The van der Waals surface area contributed by atoms with Gasteiger partial charge in [0, 0.05) is 44.2 Å². The molecule has 2 saturated heterocycles. The van der Waals surface area contributed by atoms with E-state index in [2.05, 4.69) is 10.6 Å². The number of nitrogens with one attached hydrogen (secondary N) is 2. The first-order valence-corrected chi connectivity index (χ1v) is 10.6. The lowest BCUT2D eigenvalue weighted by molar-refractivity contribution is 0.0926. The molecule has 3 rings (SSSR count). The molecule has 0 bridgehead atoms. The summed E-state index contributed by atoms with van der Waals surface area (Å²) in [6.07, 6.45) is 2.32. The molecule has 1 aromatic rings. The van der Waals surface area contributed by atoms with Crippen LogP contribution in [0.3, 0.4) is 0 Å². The largest absolute Gasteiger partial charge is 0.391 e. The number of aryl methyl sites for hydroxylation is 1. The van der Waals surface area contributed by atoms with Crippen molar-refractivity contribution in [2.45, 2.75) is 37.2 Å². The second-order valence-electron chi connectivity index (χ2n) is 7.14.